The molecule has 0 bridgehead atoms. The molecular formula is C20H29N5O3S. The highest BCUT2D eigenvalue weighted by Crippen LogP contribution is 2.14. The summed E-state index contributed by atoms with van der Waals surface area (Å²) in [6.07, 6.45) is 1.39. The second-order valence-electron chi connectivity index (χ2n) is 7.23. The fourth-order valence-corrected chi connectivity index (χ4v) is 4.80. The van der Waals surface area contributed by atoms with Crippen molar-refractivity contribution >= 4 is 16.0 Å². The third-order valence-electron chi connectivity index (χ3n) is 4.99. The molecule has 8 nitrogen and oxygen atoms in total. The summed E-state index contributed by atoms with van der Waals surface area (Å²) in [7, 11) is -3.41. The van der Waals surface area contributed by atoms with Crippen molar-refractivity contribution < 1.29 is 12.9 Å². The van der Waals surface area contributed by atoms with Crippen LogP contribution in [0.5, 0.6) is 0 Å². The number of aliphatic imine (C=N–C) groups is 1. The van der Waals surface area contributed by atoms with Crippen LogP contribution < -0.4 is 5.32 Å². The predicted molar refractivity (Wildman–Crippen MR) is 113 cm³/mol. The van der Waals surface area contributed by atoms with E-state index in [9.17, 15) is 8.42 Å². The molecule has 29 heavy (non-hydrogen) atoms. The predicted octanol–water partition coefficient (Wildman–Crippen LogP) is 1.90. The molecule has 0 aliphatic carbocycles. The average Bonchev–Trinajstić information content (AvgIpc) is 3.19. The van der Waals surface area contributed by atoms with Crippen LogP contribution in [0.4, 0.5) is 0 Å². The number of rotatable bonds is 6. The third-order valence-corrected chi connectivity index (χ3v) is 6.80. The van der Waals surface area contributed by atoms with E-state index in [1.54, 1.807) is 6.07 Å². The van der Waals surface area contributed by atoms with Gasteiger partial charge in [-0.1, -0.05) is 28.9 Å². The van der Waals surface area contributed by atoms with E-state index in [0.717, 1.165) is 12.5 Å². The fourth-order valence-electron chi connectivity index (χ4n) is 3.38. The number of aryl methyl sites for hydroxylation is 2. The van der Waals surface area contributed by atoms with E-state index in [0.29, 0.717) is 38.4 Å². The second-order valence-corrected chi connectivity index (χ2v) is 9.20. The zero-order valence-corrected chi connectivity index (χ0v) is 18.1. The number of piperazine rings is 1. The van der Waals surface area contributed by atoms with Crippen LogP contribution in [0.3, 0.4) is 0 Å². The number of guanidine groups is 1. The topological polar surface area (TPSA) is 91.0 Å². The lowest BCUT2D eigenvalue weighted by molar-refractivity contribution is 0.259. The number of nitrogens with one attached hydrogen (secondary N) is 1. The zero-order chi connectivity index (χ0) is 20.9. The molecule has 158 valence electrons. The standard InChI is InChI=1S/C20H29N5O3S/c1-4-21-20(22-14-18-6-5-16(2)13-17(18)3)24-8-10-25(11-9-24)29(26,27)15-19-7-12-28-23-19/h5-7,12-13H,4,8-11,14-15H2,1-3H3,(H,21,22). The molecule has 1 fully saturated rings. The Labute approximate surface area is 172 Å². The van der Waals surface area contributed by atoms with Gasteiger partial charge in [-0.15, -0.1) is 0 Å². The molecule has 1 aliphatic heterocycles. The van der Waals surface area contributed by atoms with Gasteiger partial charge in [0.15, 0.2) is 5.96 Å². The number of aromatic nitrogens is 1. The van der Waals surface area contributed by atoms with Crippen LogP contribution >= 0.6 is 0 Å². The van der Waals surface area contributed by atoms with Gasteiger partial charge in [-0.2, -0.15) is 4.31 Å². The van der Waals surface area contributed by atoms with Crippen LogP contribution in [0.2, 0.25) is 0 Å². The third kappa shape index (κ3) is 5.57. The molecule has 1 aliphatic rings. The molecule has 1 aromatic carbocycles. The van der Waals surface area contributed by atoms with Gasteiger partial charge in [-0.3, -0.25) is 0 Å². The molecule has 1 saturated heterocycles. The van der Waals surface area contributed by atoms with Crippen molar-refractivity contribution in [1.29, 1.82) is 0 Å². The van der Waals surface area contributed by atoms with E-state index in [1.165, 1.54) is 27.3 Å². The minimum Gasteiger partial charge on any atom is -0.364 e. The largest absolute Gasteiger partial charge is 0.364 e. The zero-order valence-electron chi connectivity index (χ0n) is 17.3. The highest BCUT2D eigenvalue weighted by Gasteiger charge is 2.29. The van der Waals surface area contributed by atoms with Gasteiger partial charge in [0.25, 0.3) is 0 Å². The molecule has 9 heteroatoms. The van der Waals surface area contributed by atoms with E-state index in [-0.39, 0.29) is 5.75 Å². The van der Waals surface area contributed by atoms with Crippen molar-refractivity contribution in [1.82, 2.24) is 19.7 Å². The normalized spacial score (nSPS) is 16.2. The Bertz CT molecular complexity index is 933. The molecule has 2 heterocycles. The second kappa shape index (κ2) is 9.41. The number of hydrogen-bond acceptors (Lipinski definition) is 5. The molecule has 2 aromatic rings. The van der Waals surface area contributed by atoms with Crippen LogP contribution in [0.1, 0.15) is 29.3 Å². The first-order valence-electron chi connectivity index (χ1n) is 9.85. The maximum Gasteiger partial charge on any atom is 0.220 e. The van der Waals surface area contributed by atoms with E-state index >= 15 is 0 Å². The van der Waals surface area contributed by atoms with Crippen molar-refractivity contribution in [2.45, 2.75) is 33.1 Å². The fraction of sp³-hybridized carbons (Fsp3) is 0.500. The summed E-state index contributed by atoms with van der Waals surface area (Å²) in [6.45, 7) is 9.61. The summed E-state index contributed by atoms with van der Waals surface area (Å²) in [4.78, 5) is 6.91. The summed E-state index contributed by atoms with van der Waals surface area (Å²) >= 11 is 0. The van der Waals surface area contributed by atoms with Gasteiger partial charge in [0.05, 0.1) is 12.2 Å². The maximum atomic E-state index is 12.6. The van der Waals surface area contributed by atoms with E-state index < -0.39 is 10.0 Å². The van der Waals surface area contributed by atoms with Crippen molar-refractivity contribution in [3.8, 4) is 0 Å². The Balaban J connectivity index is 1.63. The van der Waals surface area contributed by atoms with Gasteiger partial charge in [-0.05, 0) is 31.9 Å². The Hall–Kier alpha value is -2.39. The first-order valence-corrected chi connectivity index (χ1v) is 11.5. The summed E-state index contributed by atoms with van der Waals surface area (Å²) in [6, 6.07) is 7.96. The van der Waals surface area contributed by atoms with Crippen LogP contribution in [0.15, 0.2) is 40.0 Å². The number of nitrogens with zero attached hydrogens (tertiary/aromatic N) is 4. The molecule has 0 amide bonds. The molecular weight excluding hydrogens is 390 g/mol. The highest BCUT2D eigenvalue weighted by molar-refractivity contribution is 7.88. The highest BCUT2D eigenvalue weighted by atomic mass is 32.2. The first kappa shape index (κ1) is 21.3. The Morgan fingerprint density at radius 1 is 1.21 bits per heavy atom. The first-order chi connectivity index (χ1) is 13.9. The lowest BCUT2D eigenvalue weighted by Gasteiger charge is -2.35. The molecule has 0 radical (unpaired) electrons. The van der Waals surface area contributed by atoms with E-state index in [1.807, 2.05) is 6.92 Å². The van der Waals surface area contributed by atoms with Crippen molar-refractivity contribution in [3.05, 3.63) is 52.9 Å². The van der Waals surface area contributed by atoms with Crippen molar-refractivity contribution in [2.75, 3.05) is 32.7 Å². The monoisotopic (exact) mass is 419 g/mol. The molecule has 0 unspecified atom stereocenters. The van der Waals surface area contributed by atoms with Crippen molar-refractivity contribution in [2.24, 2.45) is 4.99 Å². The Morgan fingerprint density at radius 3 is 2.59 bits per heavy atom. The lowest BCUT2D eigenvalue weighted by atomic mass is 10.1. The molecule has 0 saturated carbocycles. The van der Waals surface area contributed by atoms with Gasteiger partial charge in [0.1, 0.15) is 12.0 Å². The summed E-state index contributed by atoms with van der Waals surface area (Å²) in [5.41, 5.74) is 4.09. The van der Waals surface area contributed by atoms with Gasteiger partial charge in [0, 0.05) is 38.8 Å². The van der Waals surface area contributed by atoms with Crippen LogP contribution in [-0.4, -0.2) is 61.5 Å². The Morgan fingerprint density at radius 2 is 1.97 bits per heavy atom. The van der Waals surface area contributed by atoms with Crippen LogP contribution in [0.25, 0.3) is 0 Å². The maximum absolute atomic E-state index is 12.6. The van der Waals surface area contributed by atoms with E-state index in [2.05, 4.69) is 47.4 Å². The molecule has 0 atom stereocenters. The van der Waals surface area contributed by atoms with Gasteiger partial charge in [0.2, 0.25) is 10.0 Å². The average molecular weight is 420 g/mol. The van der Waals surface area contributed by atoms with E-state index in [4.69, 9.17) is 9.52 Å². The van der Waals surface area contributed by atoms with Crippen molar-refractivity contribution in [3.63, 3.8) is 0 Å². The summed E-state index contributed by atoms with van der Waals surface area (Å²) < 4.78 is 31.5. The minimum absolute atomic E-state index is 0.135. The quantitative estimate of drug-likeness (QED) is 0.568. The van der Waals surface area contributed by atoms with Gasteiger partial charge in [-0.25, -0.2) is 13.4 Å². The smallest absolute Gasteiger partial charge is 0.220 e. The van der Waals surface area contributed by atoms with Gasteiger partial charge >= 0.3 is 0 Å². The molecule has 1 N–H and O–H groups in total. The van der Waals surface area contributed by atoms with Gasteiger partial charge < -0.3 is 14.7 Å². The number of sulfonamides is 1. The Kier molecular flexibility index (Phi) is 6.92. The molecule has 3 rings (SSSR count). The van der Waals surface area contributed by atoms with Crippen LogP contribution in [-0.2, 0) is 22.3 Å². The molecule has 0 spiro atoms. The summed E-state index contributed by atoms with van der Waals surface area (Å²) in [5, 5.41) is 7.04. The lowest BCUT2D eigenvalue weighted by Crippen LogP contribution is -2.53. The molecule has 1 aromatic heterocycles. The minimum atomic E-state index is -3.41. The van der Waals surface area contributed by atoms with Crippen LogP contribution in [0, 0.1) is 13.8 Å². The number of benzene rings is 1. The number of hydrogen-bond donors (Lipinski definition) is 1. The summed E-state index contributed by atoms with van der Waals surface area (Å²) in [5.74, 6) is 0.686. The SMILES string of the molecule is CCNC(=NCc1ccc(C)cc1C)N1CCN(S(=O)(=O)Cc2ccon2)CC1.